The number of thioether (sulfide) groups is 1. The molecule has 0 aliphatic heterocycles. The van der Waals surface area contributed by atoms with Crippen LogP contribution >= 0.6 is 11.8 Å². The van der Waals surface area contributed by atoms with Gasteiger partial charge in [-0.2, -0.15) is 0 Å². The van der Waals surface area contributed by atoms with E-state index in [9.17, 15) is 14.4 Å². The summed E-state index contributed by atoms with van der Waals surface area (Å²) < 4.78 is 0. The van der Waals surface area contributed by atoms with Crippen LogP contribution in [0, 0.1) is 11.8 Å². The van der Waals surface area contributed by atoms with Crippen molar-refractivity contribution in [2.75, 3.05) is 12.3 Å². The SMILES string of the molecule is CC(SCC(=O)NC[C@H](NCc1ccc(C#Cc2ccccc2)cc1)C(=O)NO)C(=O)O. The van der Waals surface area contributed by atoms with E-state index in [1.165, 1.54) is 6.92 Å². The van der Waals surface area contributed by atoms with Crippen LogP contribution in [-0.2, 0) is 20.9 Å². The van der Waals surface area contributed by atoms with Crippen molar-refractivity contribution in [1.29, 1.82) is 0 Å². The number of benzene rings is 2. The molecule has 2 amide bonds. The second-order valence-corrected chi connectivity index (χ2v) is 8.15. The van der Waals surface area contributed by atoms with Crippen LogP contribution in [0.4, 0.5) is 0 Å². The molecule has 2 aromatic rings. The van der Waals surface area contributed by atoms with Crippen molar-refractivity contribution in [2.24, 2.45) is 0 Å². The first-order chi connectivity index (χ1) is 15.4. The lowest BCUT2D eigenvalue weighted by Gasteiger charge is -2.17. The summed E-state index contributed by atoms with van der Waals surface area (Å²) in [5, 5.41) is 22.6. The predicted molar refractivity (Wildman–Crippen MR) is 122 cm³/mol. The summed E-state index contributed by atoms with van der Waals surface area (Å²) >= 11 is 0.979. The largest absolute Gasteiger partial charge is 0.480 e. The fourth-order valence-electron chi connectivity index (χ4n) is 2.49. The Labute approximate surface area is 190 Å². The van der Waals surface area contributed by atoms with Crippen molar-refractivity contribution in [2.45, 2.75) is 24.8 Å². The molecule has 9 heteroatoms. The average molecular weight is 456 g/mol. The molecular formula is C23H25N3O5S. The van der Waals surface area contributed by atoms with E-state index in [2.05, 4.69) is 22.5 Å². The number of hydroxylamine groups is 1. The highest BCUT2D eigenvalue weighted by atomic mass is 32.2. The zero-order valence-electron chi connectivity index (χ0n) is 17.5. The first kappa shape index (κ1) is 24.9. The van der Waals surface area contributed by atoms with E-state index >= 15 is 0 Å². The lowest BCUT2D eigenvalue weighted by atomic mass is 10.1. The number of nitrogens with one attached hydrogen (secondary N) is 3. The molecule has 0 heterocycles. The summed E-state index contributed by atoms with van der Waals surface area (Å²) in [5.41, 5.74) is 4.24. The number of aliphatic carboxylic acids is 1. The molecule has 0 saturated heterocycles. The topological polar surface area (TPSA) is 128 Å². The van der Waals surface area contributed by atoms with E-state index in [4.69, 9.17) is 10.3 Å². The first-order valence-corrected chi connectivity index (χ1v) is 10.9. The Morgan fingerprint density at radius 3 is 2.22 bits per heavy atom. The first-order valence-electron chi connectivity index (χ1n) is 9.83. The van der Waals surface area contributed by atoms with Crippen LogP contribution in [0.1, 0.15) is 23.6 Å². The molecule has 0 radical (unpaired) electrons. The summed E-state index contributed by atoms with van der Waals surface area (Å²) in [6, 6.07) is 16.3. The zero-order chi connectivity index (χ0) is 23.3. The molecule has 0 bridgehead atoms. The van der Waals surface area contributed by atoms with Gasteiger partial charge in [-0.15, -0.1) is 11.8 Å². The van der Waals surface area contributed by atoms with Crippen LogP contribution < -0.4 is 16.1 Å². The monoisotopic (exact) mass is 455 g/mol. The van der Waals surface area contributed by atoms with Crippen LogP contribution in [-0.4, -0.2) is 51.7 Å². The number of carboxylic acids is 1. The van der Waals surface area contributed by atoms with Gasteiger partial charge in [-0.25, -0.2) is 5.48 Å². The molecular weight excluding hydrogens is 430 g/mol. The van der Waals surface area contributed by atoms with Gasteiger partial charge < -0.3 is 15.7 Å². The molecule has 168 valence electrons. The van der Waals surface area contributed by atoms with Crippen LogP contribution in [0.25, 0.3) is 0 Å². The quantitative estimate of drug-likeness (QED) is 0.208. The van der Waals surface area contributed by atoms with Gasteiger partial charge in [-0.05, 0) is 36.8 Å². The van der Waals surface area contributed by atoms with Crippen molar-refractivity contribution in [3.63, 3.8) is 0 Å². The average Bonchev–Trinajstić information content (AvgIpc) is 2.82. The molecule has 0 aliphatic rings. The van der Waals surface area contributed by atoms with E-state index in [1.54, 1.807) is 5.48 Å². The Kier molecular flexibility index (Phi) is 10.3. The third-order valence-corrected chi connectivity index (χ3v) is 5.50. The second kappa shape index (κ2) is 13.2. The molecule has 5 N–H and O–H groups in total. The van der Waals surface area contributed by atoms with Crippen LogP contribution in [0.15, 0.2) is 54.6 Å². The number of carbonyl (C=O) groups is 3. The van der Waals surface area contributed by atoms with Crippen molar-refractivity contribution in [3.8, 4) is 11.8 Å². The number of rotatable bonds is 10. The third-order valence-electron chi connectivity index (χ3n) is 4.37. The lowest BCUT2D eigenvalue weighted by molar-refractivity contribution is -0.136. The number of hydrogen-bond donors (Lipinski definition) is 5. The normalized spacial score (nSPS) is 12.1. The summed E-state index contributed by atoms with van der Waals surface area (Å²) in [6.45, 7) is 1.75. The molecule has 32 heavy (non-hydrogen) atoms. The number of hydrogen-bond acceptors (Lipinski definition) is 6. The van der Waals surface area contributed by atoms with E-state index in [0.717, 1.165) is 28.5 Å². The summed E-state index contributed by atoms with van der Waals surface area (Å²) in [4.78, 5) is 34.6. The van der Waals surface area contributed by atoms with Gasteiger partial charge in [0.2, 0.25) is 5.91 Å². The molecule has 2 rings (SSSR count). The molecule has 0 spiro atoms. The minimum absolute atomic E-state index is 0.0492. The maximum absolute atomic E-state index is 11.9. The highest BCUT2D eigenvalue weighted by molar-refractivity contribution is 8.01. The molecule has 2 atom stereocenters. The van der Waals surface area contributed by atoms with Crippen molar-refractivity contribution in [1.82, 2.24) is 16.1 Å². The molecule has 1 unspecified atom stereocenters. The smallest absolute Gasteiger partial charge is 0.316 e. The standard InChI is InChI=1S/C23H25N3O5S/c1-16(23(29)30)32-15-21(27)25-14-20(22(28)26-31)24-13-19-11-9-18(10-12-19)8-7-17-5-3-2-4-6-17/h2-6,9-12,16,20,24,31H,13-15H2,1H3,(H,25,27)(H,26,28)(H,29,30)/t16?,20-/m0/s1. The van der Waals surface area contributed by atoms with Gasteiger partial charge in [0.25, 0.3) is 5.91 Å². The molecule has 0 fully saturated rings. The fraction of sp³-hybridized carbons (Fsp3) is 0.261. The maximum Gasteiger partial charge on any atom is 0.316 e. The third kappa shape index (κ3) is 8.81. The number of amides is 2. The van der Waals surface area contributed by atoms with Gasteiger partial charge in [-0.1, -0.05) is 42.2 Å². The van der Waals surface area contributed by atoms with Gasteiger partial charge in [0.15, 0.2) is 0 Å². The molecule has 8 nitrogen and oxygen atoms in total. The van der Waals surface area contributed by atoms with Gasteiger partial charge in [0, 0.05) is 24.2 Å². The summed E-state index contributed by atoms with van der Waals surface area (Å²) in [7, 11) is 0. The van der Waals surface area contributed by atoms with Crippen LogP contribution in [0.5, 0.6) is 0 Å². The number of carbonyl (C=O) groups excluding carboxylic acids is 2. The fourth-order valence-corrected chi connectivity index (χ4v) is 3.13. The minimum Gasteiger partial charge on any atom is -0.480 e. The summed E-state index contributed by atoms with van der Waals surface area (Å²) in [6.07, 6.45) is 0. The lowest BCUT2D eigenvalue weighted by Crippen LogP contribution is -2.50. The molecule has 0 aromatic heterocycles. The Morgan fingerprint density at radius 2 is 1.62 bits per heavy atom. The van der Waals surface area contributed by atoms with E-state index in [-0.39, 0.29) is 12.3 Å². The Balaban J connectivity index is 1.86. The molecule has 0 saturated carbocycles. The predicted octanol–water partition coefficient (Wildman–Crippen LogP) is 1.37. The van der Waals surface area contributed by atoms with E-state index in [0.29, 0.717) is 6.54 Å². The Hall–Kier alpha value is -3.32. The summed E-state index contributed by atoms with van der Waals surface area (Å²) in [5.74, 6) is 4.03. The van der Waals surface area contributed by atoms with Crippen molar-refractivity contribution in [3.05, 3.63) is 71.3 Å². The zero-order valence-corrected chi connectivity index (χ0v) is 18.3. The maximum atomic E-state index is 11.9. The number of carboxylic acid groups (broad SMARTS) is 1. The van der Waals surface area contributed by atoms with Crippen LogP contribution in [0.2, 0.25) is 0 Å². The van der Waals surface area contributed by atoms with Gasteiger partial charge >= 0.3 is 5.97 Å². The van der Waals surface area contributed by atoms with Crippen molar-refractivity contribution < 1.29 is 24.7 Å². The van der Waals surface area contributed by atoms with Gasteiger partial charge in [0.05, 0.1) is 11.0 Å². The Morgan fingerprint density at radius 1 is 1.00 bits per heavy atom. The van der Waals surface area contributed by atoms with E-state index < -0.39 is 29.1 Å². The minimum atomic E-state index is -1.00. The van der Waals surface area contributed by atoms with Crippen molar-refractivity contribution >= 4 is 29.5 Å². The van der Waals surface area contributed by atoms with E-state index in [1.807, 2.05) is 54.6 Å². The highest BCUT2D eigenvalue weighted by Gasteiger charge is 2.19. The van der Waals surface area contributed by atoms with Crippen LogP contribution in [0.3, 0.4) is 0 Å². The molecule has 2 aromatic carbocycles. The van der Waals surface area contributed by atoms with Gasteiger partial charge in [0.1, 0.15) is 6.04 Å². The second-order valence-electron chi connectivity index (χ2n) is 6.82. The Bertz CT molecular complexity index is 971. The highest BCUT2D eigenvalue weighted by Crippen LogP contribution is 2.09. The van der Waals surface area contributed by atoms with Gasteiger partial charge in [-0.3, -0.25) is 19.6 Å². The molecule has 0 aliphatic carbocycles.